The van der Waals surface area contributed by atoms with Crippen molar-refractivity contribution >= 4 is 17.7 Å². The zero-order valence-electron chi connectivity index (χ0n) is 5.68. The van der Waals surface area contributed by atoms with E-state index >= 15 is 0 Å². The van der Waals surface area contributed by atoms with Crippen LogP contribution in [0.5, 0.6) is 0 Å². The maximum Gasteiger partial charge on any atom is 0.217 e. The summed E-state index contributed by atoms with van der Waals surface area (Å²) >= 11 is 1.55. The van der Waals surface area contributed by atoms with Crippen molar-refractivity contribution in [3.8, 4) is 0 Å². The molecule has 0 saturated carbocycles. The molecule has 1 unspecified atom stereocenters. The molecule has 0 spiro atoms. The molecule has 3 heteroatoms. The van der Waals surface area contributed by atoms with E-state index in [-0.39, 0.29) is 11.3 Å². The highest BCUT2D eigenvalue weighted by atomic mass is 32.2. The minimum Gasteiger partial charge on any atom is -0.341 e. The molecule has 0 bridgehead atoms. The summed E-state index contributed by atoms with van der Waals surface area (Å²) in [4.78, 5) is 10.4. The topological polar surface area (TPSA) is 29.1 Å². The summed E-state index contributed by atoms with van der Waals surface area (Å²) in [5, 5.41) is 2.74. The van der Waals surface area contributed by atoms with Crippen molar-refractivity contribution in [2.75, 3.05) is 6.26 Å². The predicted molar refractivity (Wildman–Crippen MR) is 41.3 cm³/mol. The molecule has 0 saturated heterocycles. The van der Waals surface area contributed by atoms with Crippen LogP contribution in [-0.4, -0.2) is 17.5 Å². The van der Waals surface area contributed by atoms with Gasteiger partial charge in [-0.3, -0.25) is 4.79 Å². The number of hydrogen-bond donors (Lipinski definition) is 1. The highest BCUT2D eigenvalue weighted by molar-refractivity contribution is 7.99. The van der Waals surface area contributed by atoms with Gasteiger partial charge >= 0.3 is 0 Å². The molecule has 0 aromatic rings. The van der Waals surface area contributed by atoms with Crippen molar-refractivity contribution in [2.45, 2.75) is 12.3 Å². The van der Waals surface area contributed by atoms with Crippen molar-refractivity contribution in [1.29, 1.82) is 0 Å². The van der Waals surface area contributed by atoms with E-state index in [1.165, 1.54) is 6.92 Å². The van der Waals surface area contributed by atoms with E-state index in [1.54, 1.807) is 17.8 Å². The van der Waals surface area contributed by atoms with Gasteiger partial charge < -0.3 is 5.32 Å². The number of nitrogens with one attached hydrogen (secondary N) is 1. The lowest BCUT2D eigenvalue weighted by Crippen LogP contribution is -2.27. The Kier molecular flexibility index (Phi) is 4.22. The summed E-state index contributed by atoms with van der Waals surface area (Å²) in [6, 6.07) is 0. The molecule has 0 radical (unpaired) electrons. The van der Waals surface area contributed by atoms with Gasteiger partial charge in [-0.05, 0) is 6.26 Å². The highest BCUT2D eigenvalue weighted by Gasteiger charge is 1.99. The van der Waals surface area contributed by atoms with Gasteiger partial charge in [-0.1, -0.05) is 6.08 Å². The molecule has 0 aliphatic heterocycles. The average molecular weight is 145 g/mol. The van der Waals surface area contributed by atoms with Gasteiger partial charge in [-0.15, -0.1) is 18.3 Å². The van der Waals surface area contributed by atoms with Crippen LogP contribution in [0.1, 0.15) is 6.92 Å². The maximum absolute atomic E-state index is 10.4. The largest absolute Gasteiger partial charge is 0.341 e. The first kappa shape index (κ1) is 8.56. The van der Waals surface area contributed by atoms with E-state index in [0.29, 0.717) is 0 Å². The monoisotopic (exact) mass is 145 g/mol. The number of hydrogen-bond acceptors (Lipinski definition) is 2. The van der Waals surface area contributed by atoms with Gasteiger partial charge in [-0.2, -0.15) is 0 Å². The summed E-state index contributed by atoms with van der Waals surface area (Å²) in [5.41, 5.74) is 0. The van der Waals surface area contributed by atoms with Crippen LogP contribution in [0.25, 0.3) is 0 Å². The number of amides is 1. The first-order chi connectivity index (χ1) is 4.20. The van der Waals surface area contributed by atoms with E-state index in [4.69, 9.17) is 0 Å². The molecule has 0 aliphatic rings. The molecule has 1 amide bonds. The highest BCUT2D eigenvalue weighted by Crippen LogP contribution is 2.01. The molecule has 0 heterocycles. The van der Waals surface area contributed by atoms with Gasteiger partial charge in [0.2, 0.25) is 5.91 Å². The number of thioether (sulfide) groups is 1. The van der Waals surface area contributed by atoms with Crippen molar-refractivity contribution < 1.29 is 4.79 Å². The van der Waals surface area contributed by atoms with Crippen LogP contribution in [-0.2, 0) is 4.79 Å². The summed E-state index contributed by atoms with van der Waals surface area (Å²) < 4.78 is 0. The fourth-order valence-corrected chi connectivity index (χ4v) is 0.891. The SMILES string of the molecule is C=CC(NC(C)=O)SC. The Morgan fingerprint density at radius 3 is 2.56 bits per heavy atom. The Bertz CT molecular complexity index is 114. The van der Waals surface area contributed by atoms with Crippen molar-refractivity contribution in [3.63, 3.8) is 0 Å². The third kappa shape index (κ3) is 4.09. The molecule has 1 atom stereocenters. The van der Waals surface area contributed by atoms with Gasteiger partial charge in [0.15, 0.2) is 0 Å². The van der Waals surface area contributed by atoms with Gasteiger partial charge in [-0.25, -0.2) is 0 Å². The summed E-state index contributed by atoms with van der Waals surface area (Å²) in [7, 11) is 0. The third-order valence-electron chi connectivity index (χ3n) is 0.814. The molecular formula is C6H11NOS. The first-order valence-corrected chi connectivity index (χ1v) is 3.92. The summed E-state index contributed by atoms with van der Waals surface area (Å²) in [6.07, 6.45) is 3.62. The van der Waals surface area contributed by atoms with E-state index in [0.717, 1.165) is 0 Å². The van der Waals surface area contributed by atoms with Gasteiger partial charge in [0.25, 0.3) is 0 Å². The Morgan fingerprint density at radius 2 is 2.44 bits per heavy atom. The Labute approximate surface area is 59.7 Å². The standard InChI is InChI=1S/C6H11NOS/c1-4-6(9-3)7-5(2)8/h4,6H,1H2,2-3H3,(H,7,8). The number of rotatable bonds is 3. The molecule has 9 heavy (non-hydrogen) atoms. The summed E-state index contributed by atoms with van der Waals surface area (Å²) in [5.74, 6) is -0.0192. The summed E-state index contributed by atoms with van der Waals surface area (Å²) in [6.45, 7) is 5.04. The molecule has 0 aromatic carbocycles. The Balaban J connectivity index is 3.55. The van der Waals surface area contributed by atoms with E-state index < -0.39 is 0 Å². The second kappa shape index (κ2) is 4.44. The maximum atomic E-state index is 10.4. The zero-order chi connectivity index (χ0) is 7.28. The molecule has 0 rings (SSSR count). The average Bonchev–Trinajstić information content (AvgIpc) is 1.82. The molecule has 0 fully saturated rings. The van der Waals surface area contributed by atoms with Crippen LogP contribution in [0.3, 0.4) is 0 Å². The second-order valence-corrected chi connectivity index (χ2v) is 2.57. The lowest BCUT2D eigenvalue weighted by Gasteiger charge is -2.08. The molecule has 0 aromatic heterocycles. The molecular weight excluding hydrogens is 134 g/mol. The Hall–Kier alpha value is -0.440. The lowest BCUT2D eigenvalue weighted by atomic mass is 10.6. The van der Waals surface area contributed by atoms with Crippen LogP contribution >= 0.6 is 11.8 Å². The van der Waals surface area contributed by atoms with Crippen LogP contribution in [0, 0.1) is 0 Å². The van der Waals surface area contributed by atoms with E-state index in [1.807, 2.05) is 6.26 Å². The van der Waals surface area contributed by atoms with E-state index in [9.17, 15) is 4.79 Å². The molecule has 1 N–H and O–H groups in total. The molecule has 2 nitrogen and oxygen atoms in total. The van der Waals surface area contributed by atoms with Crippen molar-refractivity contribution in [1.82, 2.24) is 5.32 Å². The first-order valence-electron chi connectivity index (χ1n) is 2.63. The smallest absolute Gasteiger partial charge is 0.217 e. The van der Waals surface area contributed by atoms with Crippen molar-refractivity contribution in [2.24, 2.45) is 0 Å². The Morgan fingerprint density at radius 1 is 1.89 bits per heavy atom. The quantitative estimate of drug-likeness (QED) is 0.474. The van der Waals surface area contributed by atoms with E-state index in [2.05, 4.69) is 11.9 Å². The number of carbonyl (C=O) groups is 1. The molecule has 52 valence electrons. The van der Waals surface area contributed by atoms with Crippen molar-refractivity contribution in [3.05, 3.63) is 12.7 Å². The fraction of sp³-hybridized carbons (Fsp3) is 0.500. The van der Waals surface area contributed by atoms with Gasteiger partial charge in [0.1, 0.15) is 0 Å². The second-order valence-electron chi connectivity index (χ2n) is 1.59. The lowest BCUT2D eigenvalue weighted by molar-refractivity contribution is -0.118. The number of carbonyl (C=O) groups excluding carboxylic acids is 1. The fourth-order valence-electron chi connectivity index (χ4n) is 0.414. The predicted octanol–water partition coefficient (Wildman–Crippen LogP) is 0.998. The van der Waals surface area contributed by atoms with Gasteiger partial charge in [0.05, 0.1) is 5.37 Å². The third-order valence-corrected chi connectivity index (χ3v) is 1.63. The van der Waals surface area contributed by atoms with Gasteiger partial charge in [0, 0.05) is 6.92 Å². The normalized spacial score (nSPS) is 12.2. The minimum absolute atomic E-state index is 0.0192. The minimum atomic E-state index is -0.0192. The van der Waals surface area contributed by atoms with Crippen LogP contribution in [0.4, 0.5) is 0 Å². The molecule has 0 aliphatic carbocycles. The van der Waals surface area contributed by atoms with Crippen LogP contribution in [0.2, 0.25) is 0 Å². The zero-order valence-corrected chi connectivity index (χ0v) is 6.49. The van der Waals surface area contributed by atoms with Crippen LogP contribution < -0.4 is 5.32 Å². The van der Waals surface area contributed by atoms with Crippen LogP contribution in [0.15, 0.2) is 12.7 Å².